The quantitative estimate of drug-likeness (QED) is 0.523. The zero-order valence-corrected chi connectivity index (χ0v) is 16.4. The molecule has 1 aliphatic heterocycles. The lowest BCUT2D eigenvalue weighted by atomic mass is 10.2. The molecule has 0 saturated carbocycles. The number of ether oxygens (including phenoxy) is 1. The van der Waals surface area contributed by atoms with Gasteiger partial charge < -0.3 is 4.74 Å². The molecule has 1 fully saturated rings. The lowest BCUT2D eigenvalue weighted by Gasteiger charge is -2.16. The van der Waals surface area contributed by atoms with E-state index in [1.165, 1.54) is 11.8 Å². The number of thioether (sulfide) groups is 1. The molecule has 136 valence electrons. The van der Waals surface area contributed by atoms with E-state index in [-0.39, 0.29) is 11.2 Å². The fourth-order valence-electron chi connectivity index (χ4n) is 2.59. The summed E-state index contributed by atoms with van der Waals surface area (Å²) in [5.41, 5.74) is 1.03. The molecule has 1 atom stereocenters. The number of hydrogen-bond acceptors (Lipinski definition) is 6. The SMILES string of the molecule is CCCC1SC(=NN=Cc2cccs2)N(Cc2ccc(OC)cc2)C1=O. The fraction of sp³-hybridized carbons (Fsp3) is 0.316. The Morgan fingerprint density at radius 1 is 1.27 bits per heavy atom. The number of benzene rings is 1. The minimum absolute atomic E-state index is 0.0751. The molecule has 7 heteroatoms. The van der Waals surface area contributed by atoms with E-state index in [4.69, 9.17) is 4.74 Å². The first-order chi connectivity index (χ1) is 12.7. The summed E-state index contributed by atoms with van der Waals surface area (Å²) in [5.74, 6) is 0.909. The van der Waals surface area contributed by atoms with Crippen LogP contribution in [-0.4, -0.2) is 34.5 Å². The van der Waals surface area contributed by atoms with Gasteiger partial charge in [0, 0.05) is 4.88 Å². The van der Waals surface area contributed by atoms with Crippen molar-refractivity contribution in [1.82, 2.24) is 4.90 Å². The van der Waals surface area contributed by atoms with E-state index in [1.807, 2.05) is 41.8 Å². The first-order valence-electron chi connectivity index (χ1n) is 8.46. The van der Waals surface area contributed by atoms with E-state index >= 15 is 0 Å². The average Bonchev–Trinajstić information content (AvgIpc) is 3.27. The minimum Gasteiger partial charge on any atom is -0.497 e. The molecular weight excluding hydrogens is 366 g/mol. The summed E-state index contributed by atoms with van der Waals surface area (Å²) >= 11 is 3.11. The Kier molecular flexibility index (Phi) is 6.46. The summed E-state index contributed by atoms with van der Waals surface area (Å²) in [7, 11) is 1.64. The molecule has 1 aliphatic rings. The zero-order chi connectivity index (χ0) is 18.4. The van der Waals surface area contributed by atoms with Crippen LogP contribution in [0.1, 0.15) is 30.2 Å². The summed E-state index contributed by atoms with van der Waals surface area (Å²) in [5, 5.41) is 11.1. The number of nitrogens with zero attached hydrogens (tertiary/aromatic N) is 3. The number of hydrogen-bond donors (Lipinski definition) is 0. The van der Waals surface area contributed by atoms with Crippen molar-refractivity contribution in [3.8, 4) is 5.75 Å². The monoisotopic (exact) mass is 387 g/mol. The molecule has 1 unspecified atom stereocenters. The molecular formula is C19H21N3O2S2. The van der Waals surface area contributed by atoms with Crippen LogP contribution < -0.4 is 4.74 Å². The van der Waals surface area contributed by atoms with Crippen molar-refractivity contribution in [2.75, 3.05) is 7.11 Å². The second kappa shape index (κ2) is 9.00. The molecule has 5 nitrogen and oxygen atoms in total. The normalized spacial score (nSPS) is 19.0. The predicted molar refractivity (Wildman–Crippen MR) is 109 cm³/mol. The van der Waals surface area contributed by atoms with E-state index < -0.39 is 0 Å². The third kappa shape index (κ3) is 4.53. The van der Waals surface area contributed by atoms with Crippen LogP contribution >= 0.6 is 23.1 Å². The van der Waals surface area contributed by atoms with Crippen LogP contribution in [0.2, 0.25) is 0 Å². The molecule has 1 amide bonds. The number of thiophene rings is 1. The first-order valence-corrected chi connectivity index (χ1v) is 10.2. The zero-order valence-electron chi connectivity index (χ0n) is 14.8. The van der Waals surface area contributed by atoms with Crippen LogP contribution in [0.5, 0.6) is 5.75 Å². The van der Waals surface area contributed by atoms with Gasteiger partial charge in [-0.05, 0) is 35.6 Å². The summed E-state index contributed by atoms with van der Waals surface area (Å²) in [4.78, 5) is 15.5. The van der Waals surface area contributed by atoms with Crippen molar-refractivity contribution >= 4 is 40.4 Å². The Bertz CT molecular complexity index is 786. The summed E-state index contributed by atoms with van der Waals surface area (Å²) < 4.78 is 5.19. The molecule has 0 aliphatic carbocycles. The van der Waals surface area contributed by atoms with Gasteiger partial charge in [0.15, 0.2) is 5.17 Å². The summed E-state index contributed by atoms with van der Waals surface area (Å²) in [6.45, 7) is 2.58. The van der Waals surface area contributed by atoms with Crippen molar-refractivity contribution < 1.29 is 9.53 Å². The molecule has 0 radical (unpaired) electrons. The average molecular weight is 388 g/mol. The Labute approximate surface area is 161 Å². The third-order valence-electron chi connectivity index (χ3n) is 3.94. The maximum Gasteiger partial charge on any atom is 0.242 e. The maximum absolute atomic E-state index is 12.8. The number of carbonyl (C=O) groups is 1. The number of amidine groups is 1. The molecule has 0 bridgehead atoms. The molecule has 2 heterocycles. The van der Waals surface area contributed by atoms with Gasteiger partial charge in [-0.2, -0.15) is 5.10 Å². The molecule has 0 N–H and O–H groups in total. The topological polar surface area (TPSA) is 54.3 Å². The largest absolute Gasteiger partial charge is 0.497 e. The van der Waals surface area contributed by atoms with Gasteiger partial charge in [-0.25, -0.2) is 0 Å². The second-order valence-electron chi connectivity index (χ2n) is 5.81. The highest BCUT2D eigenvalue weighted by molar-refractivity contribution is 8.15. The molecule has 26 heavy (non-hydrogen) atoms. The highest BCUT2D eigenvalue weighted by atomic mass is 32.2. The van der Waals surface area contributed by atoms with Gasteiger partial charge in [0.05, 0.1) is 25.1 Å². The number of carbonyl (C=O) groups excluding carboxylic acids is 1. The van der Waals surface area contributed by atoms with Crippen LogP contribution in [0.3, 0.4) is 0 Å². The number of methoxy groups -OCH3 is 1. The van der Waals surface area contributed by atoms with Crippen molar-refractivity contribution in [3.63, 3.8) is 0 Å². The highest BCUT2D eigenvalue weighted by Gasteiger charge is 2.37. The van der Waals surface area contributed by atoms with E-state index in [0.29, 0.717) is 11.7 Å². The van der Waals surface area contributed by atoms with Gasteiger partial charge in [-0.3, -0.25) is 9.69 Å². The minimum atomic E-state index is -0.0751. The third-order valence-corrected chi connectivity index (χ3v) is 5.98. The lowest BCUT2D eigenvalue weighted by molar-refractivity contribution is -0.126. The number of rotatable bonds is 7. The maximum atomic E-state index is 12.8. The van der Waals surface area contributed by atoms with Gasteiger partial charge in [0.25, 0.3) is 0 Å². The first kappa shape index (κ1) is 18.7. The molecule has 1 aromatic heterocycles. The predicted octanol–water partition coefficient (Wildman–Crippen LogP) is 4.39. The van der Waals surface area contributed by atoms with Crippen molar-refractivity contribution in [3.05, 3.63) is 52.2 Å². The van der Waals surface area contributed by atoms with Crippen LogP contribution in [0.4, 0.5) is 0 Å². The van der Waals surface area contributed by atoms with Crippen molar-refractivity contribution in [2.45, 2.75) is 31.6 Å². The Hall–Kier alpha value is -2.12. The van der Waals surface area contributed by atoms with Gasteiger partial charge in [0.1, 0.15) is 5.75 Å². The van der Waals surface area contributed by atoms with Crippen LogP contribution in [-0.2, 0) is 11.3 Å². The van der Waals surface area contributed by atoms with Crippen LogP contribution in [0, 0.1) is 0 Å². The second-order valence-corrected chi connectivity index (χ2v) is 7.96. The summed E-state index contributed by atoms with van der Waals surface area (Å²) in [6, 6.07) is 11.7. The molecule has 3 rings (SSSR count). The van der Waals surface area contributed by atoms with Crippen LogP contribution in [0.15, 0.2) is 52.0 Å². The molecule has 1 aromatic carbocycles. The Morgan fingerprint density at radius 3 is 2.73 bits per heavy atom. The molecule has 0 spiro atoms. The van der Waals surface area contributed by atoms with E-state index in [0.717, 1.165) is 29.0 Å². The standard InChI is InChI=1S/C19H21N3O2S2/c1-3-5-17-18(23)22(13-14-7-9-15(24-2)10-8-14)19(26-17)21-20-12-16-6-4-11-25-16/h4,6-12,17H,3,5,13H2,1-2H3. The lowest BCUT2D eigenvalue weighted by Crippen LogP contribution is -2.31. The van der Waals surface area contributed by atoms with Gasteiger partial charge in [0.2, 0.25) is 5.91 Å². The van der Waals surface area contributed by atoms with E-state index in [1.54, 1.807) is 29.6 Å². The smallest absolute Gasteiger partial charge is 0.242 e. The van der Waals surface area contributed by atoms with Gasteiger partial charge in [-0.1, -0.05) is 43.3 Å². The highest BCUT2D eigenvalue weighted by Crippen LogP contribution is 2.32. The molecule has 1 saturated heterocycles. The number of amides is 1. The summed E-state index contributed by atoms with van der Waals surface area (Å²) in [6.07, 6.45) is 3.53. The van der Waals surface area contributed by atoms with Crippen molar-refractivity contribution in [2.24, 2.45) is 10.2 Å². The van der Waals surface area contributed by atoms with E-state index in [9.17, 15) is 4.79 Å². The van der Waals surface area contributed by atoms with Gasteiger partial charge >= 0.3 is 0 Å². The van der Waals surface area contributed by atoms with Crippen molar-refractivity contribution in [1.29, 1.82) is 0 Å². The Balaban J connectivity index is 1.78. The van der Waals surface area contributed by atoms with E-state index in [2.05, 4.69) is 17.1 Å². The van der Waals surface area contributed by atoms with Gasteiger partial charge in [-0.15, -0.1) is 16.4 Å². The van der Waals surface area contributed by atoms with Crippen LogP contribution in [0.25, 0.3) is 0 Å². The fourth-order valence-corrected chi connectivity index (χ4v) is 4.38. The Morgan fingerprint density at radius 2 is 2.08 bits per heavy atom. The molecule has 2 aromatic rings.